The molecule has 16 heavy (non-hydrogen) atoms. The van der Waals surface area contributed by atoms with Crippen molar-refractivity contribution in [1.82, 2.24) is 0 Å². The minimum Gasteiger partial charge on any atom is -0.382 e. The van der Waals surface area contributed by atoms with Crippen LogP contribution < -0.4 is 10.2 Å². The number of halogens is 1. The molecule has 1 heterocycles. The molecule has 1 N–H and O–H groups in total. The quantitative estimate of drug-likeness (QED) is 0.814. The number of hydrogen-bond donors (Lipinski definition) is 1. The van der Waals surface area contributed by atoms with E-state index in [1.54, 1.807) is 0 Å². The zero-order chi connectivity index (χ0) is 10.3. The Hall–Kier alpha value is -1.22. The van der Waals surface area contributed by atoms with Crippen molar-refractivity contribution in [3.8, 4) is 0 Å². The molecule has 86 valence electrons. The maximum absolute atomic E-state index is 12.0. The van der Waals surface area contributed by atoms with Gasteiger partial charge in [-0.05, 0) is 25.0 Å². The topological polar surface area (TPSA) is 32.3 Å². The highest BCUT2D eigenvalue weighted by Crippen LogP contribution is 2.36. The van der Waals surface area contributed by atoms with Gasteiger partial charge in [-0.1, -0.05) is 12.1 Å². The van der Waals surface area contributed by atoms with Crippen LogP contribution in [0.25, 0.3) is 0 Å². The predicted octanol–water partition coefficient (Wildman–Crippen LogP) is 2.28. The average molecular weight is 239 g/mol. The molecular formula is C12H15ClN2O. The molecule has 1 fully saturated rings. The molecule has 0 unspecified atom stereocenters. The summed E-state index contributed by atoms with van der Waals surface area (Å²) in [6, 6.07) is 8.03. The fraction of sp³-hybridized carbons (Fsp3) is 0.417. The Labute approximate surface area is 101 Å². The Morgan fingerprint density at radius 3 is 2.81 bits per heavy atom. The number of anilines is 2. The van der Waals surface area contributed by atoms with Crippen molar-refractivity contribution in [3.05, 3.63) is 24.3 Å². The highest BCUT2D eigenvalue weighted by Gasteiger charge is 2.35. The molecule has 0 spiro atoms. The standard InChI is InChI=1S/C12H14N2O.ClH/c15-12(9-5-6-9)14-8-7-13-10-3-1-2-4-11(10)14;/h1-4,9,13H,5-8H2;1H. The molecule has 1 aromatic rings. The van der Waals surface area contributed by atoms with Crippen molar-refractivity contribution < 1.29 is 4.79 Å². The van der Waals surface area contributed by atoms with Crippen LogP contribution in [0.15, 0.2) is 24.3 Å². The molecule has 3 rings (SSSR count). The third-order valence-electron chi connectivity index (χ3n) is 3.04. The van der Waals surface area contributed by atoms with Crippen LogP contribution in [0.3, 0.4) is 0 Å². The molecular weight excluding hydrogens is 224 g/mol. The van der Waals surface area contributed by atoms with Crippen molar-refractivity contribution >= 4 is 29.7 Å². The first-order chi connectivity index (χ1) is 7.36. The molecule has 1 amide bonds. The Balaban J connectivity index is 0.000000963. The summed E-state index contributed by atoms with van der Waals surface area (Å²) in [7, 11) is 0. The van der Waals surface area contributed by atoms with E-state index in [1.807, 2.05) is 29.2 Å². The lowest BCUT2D eigenvalue weighted by Gasteiger charge is -2.30. The van der Waals surface area contributed by atoms with Crippen molar-refractivity contribution in [2.75, 3.05) is 23.3 Å². The summed E-state index contributed by atoms with van der Waals surface area (Å²) >= 11 is 0. The van der Waals surface area contributed by atoms with E-state index < -0.39 is 0 Å². The summed E-state index contributed by atoms with van der Waals surface area (Å²) in [6.45, 7) is 1.65. The van der Waals surface area contributed by atoms with Crippen molar-refractivity contribution in [1.29, 1.82) is 0 Å². The maximum atomic E-state index is 12.0. The highest BCUT2D eigenvalue weighted by atomic mass is 35.5. The van der Waals surface area contributed by atoms with Crippen molar-refractivity contribution in [3.63, 3.8) is 0 Å². The van der Waals surface area contributed by atoms with E-state index in [0.717, 1.165) is 37.3 Å². The van der Waals surface area contributed by atoms with Crippen LogP contribution in [0.5, 0.6) is 0 Å². The Bertz CT molecular complexity index is 404. The largest absolute Gasteiger partial charge is 0.382 e. The van der Waals surface area contributed by atoms with Crippen LogP contribution in [0.2, 0.25) is 0 Å². The van der Waals surface area contributed by atoms with Gasteiger partial charge < -0.3 is 10.2 Å². The number of rotatable bonds is 1. The second-order valence-corrected chi connectivity index (χ2v) is 4.21. The number of carbonyl (C=O) groups excluding carboxylic acids is 1. The van der Waals surface area contributed by atoms with Gasteiger partial charge in [-0.2, -0.15) is 0 Å². The van der Waals surface area contributed by atoms with E-state index in [2.05, 4.69) is 5.32 Å². The van der Waals surface area contributed by atoms with Gasteiger partial charge in [0, 0.05) is 19.0 Å². The number of carbonyl (C=O) groups is 1. The van der Waals surface area contributed by atoms with Crippen molar-refractivity contribution in [2.24, 2.45) is 5.92 Å². The summed E-state index contributed by atoms with van der Waals surface area (Å²) in [5.74, 6) is 0.611. The molecule has 0 aromatic heterocycles. The first-order valence-corrected chi connectivity index (χ1v) is 5.50. The fourth-order valence-corrected chi connectivity index (χ4v) is 2.06. The van der Waals surface area contributed by atoms with Crippen LogP contribution in [-0.4, -0.2) is 19.0 Å². The summed E-state index contributed by atoms with van der Waals surface area (Å²) in [6.07, 6.45) is 2.15. The van der Waals surface area contributed by atoms with E-state index in [9.17, 15) is 4.79 Å². The number of nitrogens with one attached hydrogen (secondary N) is 1. The SMILES string of the molecule is Cl.O=C(C1CC1)N1CCNc2ccccc21. The number of fused-ring (bicyclic) bond motifs is 1. The van der Waals surface area contributed by atoms with E-state index in [4.69, 9.17) is 0 Å². The first-order valence-electron chi connectivity index (χ1n) is 5.50. The molecule has 1 aliphatic carbocycles. The van der Waals surface area contributed by atoms with Crippen molar-refractivity contribution in [2.45, 2.75) is 12.8 Å². The summed E-state index contributed by atoms with van der Waals surface area (Å²) in [4.78, 5) is 14.0. The van der Waals surface area contributed by atoms with Crippen LogP contribution in [0.4, 0.5) is 11.4 Å². The van der Waals surface area contributed by atoms with Gasteiger partial charge in [-0.3, -0.25) is 4.79 Å². The minimum atomic E-state index is 0. The minimum absolute atomic E-state index is 0. The highest BCUT2D eigenvalue weighted by molar-refractivity contribution is 6.00. The Morgan fingerprint density at radius 2 is 2.06 bits per heavy atom. The lowest BCUT2D eigenvalue weighted by molar-refractivity contribution is -0.119. The van der Waals surface area contributed by atoms with Gasteiger partial charge in [0.1, 0.15) is 0 Å². The van der Waals surface area contributed by atoms with Gasteiger partial charge >= 0.3 is 0 Å². The average Bonchev–Trinajstić information content (AvgIpc) is 3.11. The van der Waals surface area contributed by atoms with Crippen LogP contribution in [0, 0.1) is 5.92 Å². The van der Waals surface area contributed by atoms with E-state index >= 15 is 0 Å². The number of nitrogens with zero attached hydrogens (tertiary/aromatic N) is 1. The molecule has 3 nitrogen and oxygen atoms in total. The van der Waals surface area contributed by atoms with E-state index in [0.29, 0.717) is 11.8 Å². The number of amides is 1. The summed E-state index contributed by atoms with van der Waals surface area (Å²) in [5, 5.41) is 3.31. The van der Waals surface area contributed by atoms with Crippen LogP contribution in [-0.2, 0) is 4.79 Å². The molecule has 0 atom stereocenters. The number of benzene rings is 1. The number of hydrogen-bond acceptors (Lipinski definition) is 2. The second kappa shape index (κ2) is 4.34. The zero-order valence-corrected chi connectivity index (χ0v) is 9.80. The van der Waals surface area contributed by atoms with Gasteiger partial charge in [-0.15, -0.1) is 12.4 Å². The number of para-hydroxylation sites is 2. The smallest absolute Gasteiger partial charge is 0.230 e. The third kappa shape index (κ3) is 1.87. The predicted molar refractivity (Wildman–Crippen MR) is 67.3 cm³/mol. The van der Waals surface area contributed by atoms with Gasteiger partial charge in [0.2, 0.25) is 5.91 Å². The third-order valence-corrected chi connectivity index (χ3v) is 3.04. The van der Waals surface area contributed by atoms with Crippen LogP contribution >= 0.6 is 12.4 Å². The fourth-order valence-electron chi connectivity index (χ4n) is 2.06. The van der Waals surface area contributed by atoms with E-state index in [-0.39, 0.29) is 12.4 Å². The molecule has 1 aromatic carbocycles. The van der Waals surface area contributed by atoms with Crippen LogP contribution in [0.1, 0.15) is 12.8 Å². The lowest BCUT2D eigenvalue weighted by atomic mass is 10.2. The molecule has 0 saturated heterocycles. The molecule has 0 bridgehead atoms. The van der Waals surface area contributed by atoms with Gasteiger partial charge in [0.15, 0.2) is 0 Å². The zero-order valence-electron chi connectivity index (χ0n) is 8.98. The molecule has 1 saturated carbocycles. The van der Waals surface area contributed by atoms with Gasteiger partial charge in [0.25, 0.3) is 0 Å². The van der Waals surface area contributed by atoms with E-state index in [1.165, 1.54) is 0 Å². The summed E-state index contributed by atoms with van der Waals surface area (Å²) in [5.41, 5.74) is 2.12. The molecule has 0 radical (unpaired) electrons. The monoisotopic (exact) mass is 238 g/mol. The molecule has 1 aliphatic heterocycles. The molecule has 2 aliphatic rings. The summed E-state index contributed by atoms with van der Waals surface area (Å²) < 4.78 is 0. The first kappa shape index (κ1) is 11.3. The van der Waals surface area contributed by atoms with Gasteiger partial charge in [-0.25, -0.2) is 0 Å². The second-order valence-electron chi connectivity index (χ2n) is 4.21. The Kier molecular flexibility index (Phi) is 3.06. The Morgan fingerprint density at radius 1 is 1.31 bits per heavy atom. The molecule has 4 heteroatoms. The normalized spacial score (nSPS) is 18.1. The van der Waals surface area contributed by atoms with Gasteiger partial charge in [0.05, 0.1) is 11.4 Å². The maximum Gasteiger partial charge on any atom is 0.230 e. The lowest BCUT2D eigenvalue weighted by Crippen LogP contribution is -2.39.